The lowest BCUT2D eigenvalue weighted by molar-refractivity contribution is -0.299. The Bertz CT molecular complexity index is 712. The third kappa shape index (κ3) is 2.87. The Morgan fingerprint density at radius 2 is 1.73 bits per heavy atom. The molecular formula is C20H24O6. The van der Waals surface area contributed by atoms with Crippen molar-refractivity contribution in [3.05, 3.63) is 36.4 Å². The molecule has 2 aliphatic heterocycles. The van der Waals surface area contributed by atoms with Gasteiger partial charge in [0.2, 0.25) is 0 Å². The number of ether oxygens (including phenoxy) is 5. The van der Waals surface area contributed by atoms with Crippen LogP contribution in [0.3, 0.4) is 0 Å². The minimum atomic E-state index is -0.912. The van der Waals surface area contributed by atoms with Crippen molar-refractivity contribution in [1.82, 2.24) is 0 Å². The normalized spacial score (nSPS) is 30.9. The minimum Gasteiger partial charge on any atom is -0.497 e. The van der Waals surface area contributed by atoms with Gasteiger partial charge in [0.05, 0.1) is 32.7 Å². The maximum atomic E-state index is 12.1. The van der Waals surface area contributed by atoms with Gasteiger partial charge < -0.3 is 23.7 Å². The Morgan fingerprint density at radius 3 is 2.38 bits per heavy atom. The van der Waals surface area contributed by atoms with Crippen LogP contribution in [0.15, 0.2) is 36.4 Å². The van der Waals surface area contributed by atoms with E-state index in [0.717, 1.165) is 5.75 Å². The fourth-order valence-corrected chi connectivity index (χ4v) is 3.71. The summed E-state index contributed by atoms with van der Waals surface area (Å²) in [6, 6.07) is 7.30. The van der Waals surface area contributed by atoms with Crippen LogP contribution in [-0.4, -0.2) is 44.3 Å². The molecule has 2 heterocycles. The van der Waals surface area contributed by atoms with Crippen LogP contribution >= 0.6 is 0 Å². The zero-order chi connectivity index (χ0) is 18.4. The van der Waals surface area contributed by atoms with Crippen molar-refractivity contribution >= 4 is 5.97 Å². The van der Waals surface area contributed by atoms with Gasteiger partial charge in [-0.25, -0.2) is 0 Å². The lowest BCUT2D eigenvalue weighted by Gasteiger charge is -2.44. The summed E-state index contributed by atoms with van der Waals surface area (Å²) >= 11 is 0. The van der Waals surface area contributed by atoms with Crippen molar-refractivity contribution in [2.24, 2.45) is 11.3 Å². The highest BCUT2D eigenvalue weighted by Crippen LogP contribution is 2.51. The summed E-state index contributed by atoms with van der Waals surface area (Å²) in [5.41, 5.74) is -0.911. The van der Waals surface area contributed by atoms with Gasteiger partial charge >= 0.3 is 5.97 Å². The molecule has 0 bridgehead atoms. The summed E-state index contributed by atoms with van der Waals surface area (Å²) in [5, 5.41) is 0. The van der Waals surface area contributed by atoms with Gasteiger partial charge in [0.1, 0.15) is 18.1 Å². The predicted molar refractivity (Wildman–Crippen MR) is 93.0 cm³/mol. The second-order valence-electron chi connectivity index (χ2n) is 7.95. The van der Waals surface area contributed by atoms with Gasteiger partial charge in [0, 0.05) is 5.41 Å². The van der Waals surface area contributed by atoms with Gasteiger partial charge in [-0.15, -0.1) is 0 Å². The first-order chi connectivity index (χ1) is 12.4. The maximum Gasteiger partial charge on any atom is 0.307 e. The summed E-state index contributed by atoms with van der Waals surface area (Å²) in [4.78, 5) is 12.1. The van der Waals surface area contributed by atoms with E-state index in [9.17, 15) is 4.79 Å². The predicted octanol–water partition coefficient (Wildman–Crippen LogP) is 2.72. The van der Waals surface area contributed by atoms with Gasteiger partial charge in [-0.2, -0.15) is 0 Å². The average molecular weight is 360 g/mol. The Kier molecular flexibility index (Phi) is 4.00. The Balaban J connectivity index is 1.51. The summed E-state index contributed by atoms with van der Waals surface area (Å²) < 4.78 is 29.0. The average Bonchev–Trinajstić information content (AvgIpc) is 3.10. The number of hydrogen-bond acceptors (Lipinski definition) is 6. The molecule has 0 N–H and O–H groups in total. The first-order valence-corrected chi connectivity index (χ1v) is 8.84. The molecule has 0 aromatic heterocycles. The molecule has 1 aliphatic carbocycles. The number of benzene rings is 1. The zero-order valence-corrected chi connectivity index (χ0v) is 15.3. The van der Waals surface area contributed by atoms with Crippen LogP contribution in [0.25, 0.3) is 0 Å². The van der Waals surface area contributed by atoms with E-state index in [1.807, 2.05) is 36.4 Å². The molecule has 3 aliphatic rings. The van der Waals surface area contributed by atoms with Crippen LogP contribution in [-0.2, 0) is 19.0 Å². The standard InChI is InChI=1S/C20H24O6/c1-18(2)11-24-20(25-12-18)9-8-19(16(20)10-17(21)26-19)13-23-15-6-4-14(22-3)5-7-15/h4-9,16H,10-13H2,1-3H3/t16-,19+/m0/s1. The summed E-state index contributed by atoms with van der Waals surface area (Å²) in [5.74, 6) is 0.0195. The highest BCUT2D eigenvalue weighted by Gasteiger charge is 2.64. The molecule has 0 saturated carbocycles. The summed E-state index contributed by atoms with van der Waals surface area (Å²) in [6.45, 7) is 5.53. The van der Waals surface area contributed by atoms with Gasteiger partial charge in [0.25, 0.3) is 0 Å². The van der Waals surface area contributed by atoms with Gasteiger partial charge in [-0.1, -0.05) is 13.8 Å². The zero-order valence-electron chi connectivity index (χ0n) is 15.3. The van der Waals surface area contributed by atoms with E-state index in [4.69, 9.17) is 23.7 Å². The van der Waals surface area contributed by atoms with Crippen LogP contribution in [0.4, 0.5) is 0 Å². The Hall–Kier alpha value is -2.05. The van der Waals surface area contributed by atoms with E-state index >= 15 is 0 Å². The SMILES string of the molecule is COc1ccc(OC[C@]23C=CC4(OCC(C)(C)CO4)[C@H]2CC(=O)O3)cc1. The van der Waals surface area contributed by atoms with Crippen LogP contribution in [0.5, 0.6) is 11.5 Å². The van der Waals surface area contributed by atoms with Crippen molar-refractivity contribution in [2.45, 2.75) is 31.7 Å². The van der Waals surface area contributed by atoms with E-state index in [1.54, 1.807) is 7.11 Å². The number of carbonyl (C=O) groups excluding carboxylic acids is 1. The molecule has 6 nitrogen and oxygen atoms in total. The Morgan fingerprint density at radius 1 is 1.08 bits per heavy atom. The molecule has 0 amide bonds. The molecular weight excluding hydrogens is 336 g/mol. The van der Waals surface area contributed by atoms with E-state index in [1.165, 1.54) is 0 Å². The first-order valence-electron chi connectivity index (χ1n) is 8.84. The number of carbonyl (C=O) groups is 1. The number of rotatable bonds is 4. The van der Waals surface area contributed by atoms with Crippen LogP contribution in [0.1, 0.15) is 20.3 Å². The highest BCUT2D eigenvalue weighted by molar-refractivity contribution is 5.74. The van der Waals surface area contributed by atoms with Crippen molar-refractivity contribution < 1.29 is 28.5 Å². The number of esters is 1. The minimum absolute atomic E-state index is 0.0482. The fraction of sp³-hybridized carbons (Fsp3) is 0.550. The quantitative estimate of drug-likeness (QED) is 0.608. The molecule has 1 spiro atoms. The summed E-state index contributed by atoms with van der Waals surface area (Å²) in [6.07, 6.45) is 4.00. The molecule has 6 heteroatoms. The third-order valence-electron chi connectivity index (χ3n) is 5.25. The van der Waals surface area contributed by atoms with Gasteiger partial charge in [0.15, 0.2) is 11.4 Å². The van der Waals surface area contributed by atoms with Crippen LogP contribution in [0, 0.1) is 11.3 Å². The smallest absolute Gasteiger partial charge is 0.307 e. The fourth-order valence-electron chi connectivity index (χ4n) is 3.71. The van der Waals surface area contributed by atoms with Crippen LogP contribution < -0.4 is 9.47 Å². The molecule has 4 rings (SSSR count). The molecule has 0 radical (unpaired) electrons. The van der Waals surface area contributed by atoms with Crippen molar-refractivity contribution in [3.63, 3.8) is 0 Å². The van der Waals surface area contributed by atoms with E-state index in [0.29, 0.717) is 19.0 Å². The Labute approximate surface area is 153 Å². The number of hydrogen-bond donors (Lipinski definition) is 0. The molecule has 0 unspecified atom stereocenters. The monoisotopic (exact) mass is 360 g/mol. The first kappa shape index (κ1) is 17.4. The second kappa shape index (κ2) is 5.99. The highest BCUT2D eigenvalue weighted by atomic mass is 16.7. The molecule has 2 atom stereocenters. The molecule has 1 aromatic carbocycles. The third-order valence-corrected chi connectivity index (χ3v) is 5.25. The van der Waals surface area contributed by atoms with Crippen molar-refractivity contribution in [1.29, 1.82) is 0 Å². The summed E-state index contributed by atoms with van der Waals surface area (Å²) in [7, 11) is 1.62. The number of methoxy groups -OCH3 is 1. The lowest BCUT2D eigenvalue weighted by atomic mass is 9.85. The molecule has 26 heavy (non-hydrogen) atoms. The van der Waals surface area contributed by atoms with Crippen molar-refractivity contribution in [2.75, 3.05) is 26.9 Å². The topological polar surface area (TPSA) is 63.2 Å². The largest absolute Gasteiger partial charge is 0.497 e. The number of fused-ring (bicyclic) bond motifs is 2. The molecule has 2 fully saturated rings. The second-order valence-corrected chi connectivity index (χ2v) is 7.95. The van der Waals surface area contributed by atoms with E-state index in [-0.39, 0.29) is 30.3 Å². The molecule has 1 aromatic rings. The van der Waals surface area contributed by atoms with E-state index in [2.05, 4.69) is 13.8 Å². The molecule has 2 saturated heterocycles. The van der Waals surface area contributed by atoms with E-state index < -0.39 is 11.4 Å². The maximum absolute atomic E-state index is 12.1. The lowest BCUT2D eigenvalue weighted by Crippen LogP contribution is -2.54. The molecule has 140 valence electrons. The van der Waals surface area contributed by atoms with Crippen molar-refractivity contribution in [3.8, 4) is 11.5 Å². The van der Waals surface area contributed by atoms with Crippen LogP contribution in [0.2, 0.25) is 0 Å². The van der Waals surface area contributed by atoms with Gasteiger partial charge in [-0.3, -0.25) is 4.79 Å². The van der Waals surface area contributed by atoms with Gasteiger partial charge in [-0.05, 0) is 36.4 Å².